The van der Waals surface area contributed by atoms with Crippen LogP contribution in [0, 0.1) is 0 Å². The zero-order chi connectivity index (χ0) is 19.7. The Morgan fingerprint density at radius 3 is 2.31 bits per heavy atom. The summed E-state index contributed by atoms with van der Waals surface area (Å²) >= 11 is 0. The summed E-state index contributed by atoms with van der Waals surface area (Å²) in [4.78, 5) is 2.63. The Balaban J connectivity index is 1.49. The Labute approximate surface area is 173 Å². The topological polar surface area (TPSA) is 8.17 Å². The molecular weight excluding hydrogens is 352 g/mol. The monoisotopic (exact) mass is 380 g/mol. The molecule has 1 fully saturated rings. The van der Waals surface area contributed by atoms with Gasteiger partial charge in [0.05, 0.1) is 0 Å². The van der Waals surface area contributed by atoms with E-state index in [0.29, 0.717) is 0 Å². The number of fused-ring (bicyclic) bond motifs is 1. The summed E-state index contributed by atoms with van der Waals surface area (Å²) in [6, 6.07) is 31.2. The summed E-state index contributed by atoms with van der Waals surface area (Å²) in [6.07, 6.45) is 4.46. The first kappa shape index (κ1) is 18.2. The van der Waals surface area contributed by atoms with Crippen molar-refractivity contribution in [3.8, 4) is 0 Å². The Hall–Kier alpha value is -2.84. The van der Waals surface area contributed by atoms with E-state index in [1.165, 1.54) is 34.0 Å². The van der Waals surface area contributed by atoms with Crippen molar-refractivity contribution >= 4 is 10.9 Å². The number of hydrogen-bond donors (Lipinski definition) is 0. The van der Waals surface area contributed by atoms with E-state index in [-0.39, 0.29) is 5.41 Å². The first-order valence-electron chi connectivity index (χ1n) is 10.6. The fraction of sp³-hybridized carbons (Fsp3) is 0.259. The van der Waals surface area contributed by atoms with Gasteiger partial charge in [-0.25, -0.2) is 0 Å². The van der Waals surface area contributed by atoms with Crippen LogP contribution in [0.1, 0.15) is 23.1 Å². The first-order chi connectivity index (χ1) is 14.2. The Morgan fingerprint density at radius 2 is 1.55 bits per heavy atom. The maximum atomic E-state index is 2.63. The predicted molar refractivity (Wildman–Crippen MR) is 121 cm³/mol. The fourth-order valence-electron chi connectivity index (χ4n) is 5.01. The molecule has 146 valence electrons. The number of aromatic nitrogens is 1. The van der Waals surface area contributed by atoms with E-state index >= 15 is 0 Å². The summed E-state index contributed by atoms with van der Waals surface area (Å²) in [5.41, 5.74) is 5.79. The van der Waals surface area contributed by atoms with Crippen LogP contribution < -0.4 is 0 Å². The Morgan fingerprint density at radius 1 is 0.828 bits per heavy atom. The summed E-state index contributed by atoms with van der Waals surface area (Å²) in [5, 5.41) is 1.35. The van der Waals surface area contributed by atoms with Crippen LogP contribution in [0.5, 0.6) is 0 Å². The van der Waals surface area contributed by atoms with Crippen LogP contribution >= 0.6 is 0 Å². The quantitative estimate of drug-likeness (QED) is 0.440. The maximum absolute atomic E-state index is 2.63. The average molecular weight is 381 g/mol. The minimum atomic E-state index is 0.167. The van der Waals surface area contributed by atoms with Gasteiger partial charge in [-0.15, -0.1) is 0 Å². The SMILES string of the molecule is Cn1ccc2cc(C3(Cc4ccccc4)CCN(Cc4ccccc4)C3)ccc21. The van der Waals surface area contributed by atoms with Crippen molar-refractivity contribution in [3.63, 3.8) is 0 Å². The molecule has 0 radical (unpaired) electrons. The highest BCUT2D eigenvalue weighted by Crippen LogP contribution is 2.39. The van der Waals surface area contributed by atoms with Crippen molar-refractivity contribution < 1.29 is 0 Å². The highest BCUT2D eigenvalue weighted by atomic mass is 15.2. The van der Waals surface area contributed by atoms with Crippen LogP contribution in [0.15, 0.2) is 91.1 Å². The summed E-state index contributed by atoms with van der Waals surface area (Å²) in [5.74, 6) is 0. The molecule has 1 aliphatic heterocycles. The van der Waals surface area contributed by atoms with Gasteiger partial charge in [-0.2, -0.15) is 0 Å². The predicted octanol–water partition coefficient (Wildman–Crippen LogP) is 5.56. The van der Waals surface area contributed by atoms with Crippen molar-refractivity contribution in [2.24, 2.45) is 7.05 Å². The van der Waals surface area contributed by atoms with Crippen LogP contribution in [0.2, 0.25) is 0 Å². The second-order valence-electron chi connectivity index (χ2n) is 8.59. The minimum absolute atomic E-state index is 0.167. The van der Waals surface area contributed by atoms with Crippen LogP contribution in [0.4, 0.5) is 0 Å². The molecule has 1 aliphatic rings. The van der Waals surface area contributed by atoms with Crippen molar-refractivity contribution in [3.05, 3.63) is 108 Å². The fourth-order valence-corrected chi connectivity index (χ4v) is 5.01. The standard InChI is InChI=1S/C27H28N2/c1-28-16-14-24-18-25(12-13-26(24)28)27(19-22-8-4-2-5-9-22)15-17-29(21-27)20-23-10-6-3-7-11-23/h2-14,16,18H,15,17,19-21H2,1H3. The van der Waals surface area contributed by atoms with Gasteiger partial charge in [0.15, 0.2) is 0 Å². The van der Waals surface area contributed by atoms with Crippen LogP contribution in [-0.2, 0) is 25.4 Å². The molecule has 0 N–H and O–H groups in total. The number of nitrogens with zero attached hydrogens (tertiary/aromatic N) is 2. The van der Waals surface area contributed by atoms with Crippen molar-refractivity contribution in [1.82, 2.24) is 9.47 Å². The molecule has 2 nitrogen and oxygen atoms in total. The van der Waals surface area contributed by atoms with Gasteiger partial charge in [-0.1, -0.05) is 66.7 Å². The van der Waals surface area contributed by atoms with Crippen LogP contribution in [0.3, 0.4) is 0 Å². The second-order valence-corrected chi connectivity index (χ2v) is 8.59. The number of aryl methyl sites for hydroxylation is 1. The third-order valence-electron chi connectivity index (χ3n) is 6.56. The zero-order valence-corrected chi connectivity index (χ0v) is 17.1. The van der Waals surface area contributed by atoms with Gasteiger partial charge < -0.3 is 4.57 Å². The van der Waals surface area contributed by atoms with Crippen LogP contribution in [0.25, 0.3) is 10.9 Å². The van der Waals surface area contributed by atoms with Gasteiger partial charge in [0.2, 0.25) is 0 Å². The van der Waals surface area contributed by atoms with Gasteiger partial charge in [0, 0.05) is 37.3 Å². The highest BCUT2D eigenvalue weighted by Gasteiger charge is 2.39. The van der Waals surface area contributed by atoms with Crippen molar-refractivity contribution in [2.45, 2.75) is 24.8 Å². The molecule has 0 amide bonds. The minimum Gasteiger partial charge on any atom is -0.351 e. The Kier molecular flexibility index (Phi) is 4.73. The molecule has 4 aromatic rings. The van der Waals surface area contributed by atoms with Crippen molar-refractivity contribution in [1.29, 1.82) is 0 Å². The van der Waals surface area contributed by atoms with E-state index < -0.39 is 0 Å². The van der Waals surface area contributed by atoms with Gasteiger partial charge in [0.25, 0.3) is 0 Å². The average Bonchev–Trinajstić information content (AvgIpc) is 3.33. The molecule has 1 atom stereocenters. The lowest BCUT2D eigenvalue weighted by Gasteiger charge is -2.31. The van der Waals surface area contributed by atoms with Gasteiger partial charge in [0.1, 0.15) is 0 Å². The number of likely N-dealkylation sites (tertiary alicyclic amines) is 1. The summed E-state index contributed by atoms with van der Waals surface area (Å²) < 4.78 is 2.21. The molecule has 1 aromatic heterocycles. The van der Waals surface area contributed by atoms with E-state index in [1.807, 2.05) is 0 Å². The van der Waals surface area contributed by atoms with Gasteiger partial charge in [-0.3, -0.25) is 4.90 Å². The van der Waals surface area contributed by atoms with Gasteiger partial charge in [-0.05, 0) is 59.7 Å². The smallest absolute Gasteiger partial charge is 0.0477 e. The molecule has 0 aliphatic carbocycles. The molecule has 0 bridgehead atoms. The largest absolute Gasteiger partial charge is 0.351 e. The number of benzene rings is 3. The summed E-state index contributed by atoms with van der Waals surface area (Å²) in [6.45, 7) is 3.29. The van der Waals surface area contributed by atoms with E-state index in [4.69, 9.17) is 0 Å². The molecule has 1 unspecified atom stereocenters. The van der Waals surface area contributed by atoms with Gasteiger partial charge >= 0.3 is 0 Å². The maximum Gasteiger partial charge on any atom is 0.0477 e. The third kappa shape index (κ3) is 3.61. The molecule has 2 heterocycles. The third-order valence-corrected chi connectivity index (χ3v) is 6.56. The lowest BCUT2D eigenvalue weighted by atomic mass is 9.74. The molecular formula is C27H28N2. The lowest BCUT2D eigenvalue weighted by molar-refractivity contribution is 0.301. The van der Waals surface area contributed by atoms with E-state index in [0.717, 1.165) is 26.1 Å². The lowest BCUT2D eigenvalue weighted by Crippen LogP contribution is -2.33. The molecule has 5 rings (SSSR count). The number of rotatable bonds is 5. The summed E-state index contributed by atoms with van der Waals surface area (Å²) in [7, 11) is 2.12. The molecule has 29 heavy (non-hydrogen) atoms. The Bertz CT molecular complexity index is 1100. The zero-order valence-electron chi connectivity index (χ0n) is 17.1. The normalized spacial score (nSPS) is 19.8. The number of hydrogen-bond acceptors (Lipinski definition) is 1. The molecule has 0 spiro atoms. The second kappa shape index (κ2) is 7.53. The molecule has 1 saturated heterocycles. The molecule has 3 aromatic carbocycles. The highest BCUT2D eigenvalue weighted by molar-refractivity contribution is 5.81. The molecule has 2 heteroatoms. The van der Waals surface area contributed by atoms with Crippen LogP contribution in [-0.4, -0.2) is 22.6 Å². The van der Waals surface area contributed by atoms with E-state index in [2.05, 4.69) is 108 Å². The first-order valence-corrected chi connectivity index (χ1v) is 10.6. The van der Waals surface area contributed by atoms with Crippen molar-refractivity contribution in [2.75, 3.05) is 13.1 Å². The van der Waals surface area contributed by atoms with E-state index in [1.54, 1.807) is 0 Å². The van der Waals surface area contributed by atoms with E-state index in [9.17, 15) is 0 Å². The molecule has 0 saturated carbocycles.